The third kappa shape index (κ3) is 14.4. The highest BCUT2D eigenvalue weighted by Gasteiger charge is 2.02. The van der Waals surface area contributed by atoms with E-state index in [4.69, 9.17) is 9.47 Å². The second-order valence-corrected chi connectivity index (χ2v) is 9.93. The molecule has 0 bridgehead atoms. The van der Waals surface area contributed by atoms with E-state index in [0.717, 1.165) is 42.0 Å². The van der Waals surface area contributed by atoms with E-state index in [0.29, 0.717) is 12.5 Å². The maximum Gasteiger partial charge on any atom is 0.330 e. The van der Waals surface area contributed by atoms with Gasteiger partial charge in [0.1, 0.15) is 5.75 Å². The van der Waals surface area contributed by atoms with Crippen LogP contribution >= 0.6 is 0 Å². The van der Waals surface area contributed by atoms with E-state index in [-0.39, 0.29) is 5.97 Å². The summed E-state index contributed by atoms with van der Waals surface area (Å²) in [6, 6.07) is 15.8. The van der Waals surface area contributed by atoms with Crippen molar-refractivity contribution in [1.82, 2.24) is 0 Å². The Morgan fingerprint density at radius 2 is 1.41 bits per heavy atom. The van der Waals surface area contributed by atoms with Crippen molar-refractivity contribution in [1.29, 1.82) is 0 Å². The first-order valence-corrected chi connectivity index (χ1v) is 14.3. The van der Waals surface area contributed by atoms with Gasteiger partial charge >= 0.3 is 5.97 Å². The number of rotatable bonds is 19. The van der Waals surface area contributed by atoms with E-state index in [1.165, 1.54) is 63.9 Å². The maximum atomic E-state index is 11.8. The van der Waals surface area contributed by atoms with E-state index in [2.05, 4.69) is 25.8 Å². The molecule has 0 aliphatic heterocycles. The molecule has 4 heteroatoms. The number of unbranched alkanes of at least 4 members (excludes halogenated alkanes) is 9. The minimum Gasteiger partial charge on any atom is -0.494 e. The SMILES string of the molecule is CCCCCCCCCCCCOc1ccc(/C=N/c2ccc(/C=C/C(=O)OCC(C)CC)cc2)cc1. The second kappa shape index (κ2) is 19.3. The summed E-state index contributed by atoms with van der Waals surface area (Å²) in [5.41, 5.74) is 2.82. The van der Waals surface area contributed by atoms with Crippen LogP contribution in [0, 0.1) is 5.92 Å². The molecule has 0 heterocycles. The van der Waals surface area contributed by atoms with Crippen LogP contribution in [0.15, 0.2) is 59.6 Å². The molecule has 2 rings (SSSR count). The summed E-state index contributed by atoms with van der Waals surface area (Å²) in [5, 5.41) is 0. The number of aliphatic imine (C=N–C) groups is 1. The normalized spacial score (nSPS) is 12.3. The standard InChI is InChI=1S/C33H47NO3/c1-4-6-7-8-9-10-11-12-13-14-25-36-32-22-17-30(18-23-32)26-34-31-20-15-29(16-21-31)19-24-33(35)37-27-28(3)5-2/h15-24,26,28H,4-14,25,27H2,1-3H3/b24-19+,34-26+. The maximum absolute atomic E-state index is 11.8. The highest BCUT2D eigenvalue weighted by atomic mass is 16.5. The fraction of sp³-hybridized carbons (Fsp3) is 0.515. The molecule has 0 aromatic heterocycles. The fourth-order valence-corrected chi connectivity index (χ4v) is 3.80. The minimum atomic E-state index is -0.307. The Kier molecular flexibility index (Phi) is 15.8. The van der Waals surface area contributed by atoms with Gasteiger partial charge in [0.25, 0.3) is 0 Å². The van der Waals surface area contributed by atoms with Crippen molar-refractivity contribution in [2.75, 3.05) is 13.2 Å². The fourth-order valence-electron chi connectivity index (χ4n) is 3.80. The molecule has 0 amide bonds. The number of carbonyl (C=O) groups excluding carboxylic acids is 1. The topological polar surface area (TPSA) is 47.9 Å². The van der Waals surface area contributed by atoms with Crippen LogP contribution in [-0.2, 0) is 9.53 Å². The van der Waals surface area contributed by atoms with Crippen LogP contribution in [0.3, 0.4) is 0 Å². The number of nitrogens with zero attached hydrogens (tertiary/aromatic N) is 1. The average molecular weight is 506 g/mol. The molecule has 0 fully saturated rings. The molecule has 0 radical (unpaired) electrons. The van der Waals surface area contributed by atoms with Gasteiger partial charge in [0, 0.05) is 12.3 Å². The van der Waals surface area contributed by atoms with E-state index in [9.17, 15) is 4.79 Å². The van der Waals surface area contributed by atoms with E-state index in [1.54, 1.807) is 6.08 Å². The highest BCUT2D eigenvalue weighted by Crippen LogP contribution is 2.17. The van der Waals surface area contributed by atoms with Crippen LogP contribution in [0.5, 0.6) is 5.75 Å². The average Bonchev–Trinajstić information content (AvgIpc) is 2.93. The number of hydrogen-bond donors (Lipinski definition) is 0. The number of carbonyl (C=O) groups is 1. The quantitative estimate of drug-likeness (QED) is 0.0827. The molecule has 0 aliphatic carbocycles. The zero-order valence-corrected chi connectivity index (χ0v) is 23.3. The molecule has 2 aromatic rings. The molecule has 0 spiro atoms. The third-order valence-electron chi connectivity index (χ3n) is 6.52. The lowest BCUT2D eigenvalue weighted by Gasteiger charge is -2.07. The van der Waals surface area contributed by atoms with E-state index >= 15 is 0 Å². The Hall–Kier alpha value is -2.88. The lowest BCUT2D eigenvalue weighted by molar-refractivity contribution is -0.138. The van der Waals surface area contributed by atoms with Crippen LogP contribution < -0.4 is 4.74 Å². The van der Waals surface area contributed by atoms with Gasteiger partial charge in [-0.2, -0.15) is 0 Å². The van der Waals surface area contributed by atoms with Crippen LogP contribution in [0.2, 0.25) is 0 Å². The number of hydrogen-bond acceptors (Lipinski definition) is 4. The molecule has 0 saturated heterocycles. The minimum absolute atomic E-state index is 0.307. The first-order chi connectivity index (χ1) is 18.1. The summed E-state index contributed by atoms with van der Waals surface area (Å²) < 4.78 is 11.1. The van der Waals surface area contributed by atoms with Crippen molar-refractivity contribution in [3.8, 4) is 5.75 Å². The predicted octanol–water partition coefficient (Wildman–Crippen LogP) is 9.34. The molecule has 0 aliphatic rings. The number of ether oxygens (including phenoxy) is 2. The van der Waals surface area contributed by atoms with Gasteiger partial charge in [-0.25, -0.2) is 4.79 Å². The van der Waals surface area contributed by atoms with Gasteiger partial charge in [-0.15, -0.1) is 0 Å². The molecule has 2 aromatic carbocycles. The monoisotopic (exact) mass is 505 g/mol. The van der Waals surface area contributed by atoms with Crippen molar-refractivity contribution < 1.29 is 14.3 Å². The molecular formula is C33H47NO3. The summed E-state index contributed by atoms with van der Waals surface area (Å²) >= 11 is 0. The Bertz CT molecular complexity index is 916. The number of benzene rings is 2. The first kappa shape index (κ1) is 30.3. The first-order valence-electron chi connectivity index (χ1n) is 14.3. The van der Waals surface area contributed by atoms with Crippen molar-refractivity contribution in [2.45, 2.75) is 91.4 Å². The lowest BCUT2D eigenvalue weighted by atomic mass is 10.1. The largest absolute Gasteiger partial charge is 0.494 e. The van der Waals surface area contributed by atoms with Crippen LogP contribution in [0.4, 0.5) is 5.69 Å². The van der Waals surface area contributed by atoms with Gasteiger partial charge in [0.05, 0.1) is 18.9 Å². The van der Waals surface area contributed by atoms with E-state index in [1.807, 2.05) is 54.7 Å². The van der Waals surface area contributed by atoms with Gasteiger partial charge in [0.15, 0.2) is 0 Å². The Labute approximate surface area is 225 Å². The Morgan fingerprint density at radius 3 is 2.03 bits per heavy atom. The highest BCUT2D eigenvalue weighted by molar-refractivity contribution is 5.87. The van der Waals surface area contributed by atoms with Gasteiger partial charge in [-0.1, -0.05) is 97.1 Å². The number of esters is 1. The van der Waals surface area contributed by atoms with Gasteiger partial charge in [-0.3, -0.25) is 4.99 Å². The summed E-state index contributed by atoms with van der Waals surface area (Å²) in [6.45, 7) is 7.66. The molecular weight excluding hydrogens is 458 g/mol. The zero-order chi connectivity index (χ0) is 26.6. The van der Waals surface area contributed by atoms with Gasteiger partial charge in [-0.05, 0) is 65.9 Å². The molecule has 1 unspecified atom stereocenters. The van der Waals surface area contributed by atoms with Crippen LogP contribution in [-0.4, -0.2) is 25.4 Å². The summed E-state index contributed by atoms with van der Waals surface area (Å²) in [4.78, 5) is 16.4. The summed E-state index contributed by atoms with van der Waals surface area (Å²) in [7, 11) is 0. The molecule has 37 heavy (non-hydrogen) atoms. The van der Waals surface area contributed by atoms with Gasteiger partial charge < -0.3 is 9.47 Å². The van der Waals surface area contributed by atoms with E-state index < -0.39 is 0 Å². The lowest BCUT2D eigenvalue weighted by Crippen LogP contribution is -2.08. The van der Waals surface area contributed by atoms with Crippen LogP contribution in [0.25, 0.3) is 6.08 Å². The van der Waals surface area contributed by atoms with Gasteiger partial charge in [0.2, 0.25) is 0 Å². The Morgan fingerprint density at radius 1 is 0.811 bits per heavy atom. The van der Waals surface area contributed by atoms with Crippen LogP contribution in [0.1, 0.15) is 103 Å². The molecule has 202 valence electrons. The third-order valence-corrected chi connectivity index (χ3v) is 6.52. The molecule has 1 atom stereocenters. The second-order valence-electron chi connectivity index (χ2n) is 9.93. The smallest absolute Gasteiger partial charge is 0.330 e. The zero-order valence-electron chi connectivity index (χ0n) is 23.3. The molecule has 4 nitrogen and oxygen atoms in total. The Balaban J connectivity index is 1.63. The summed E-state index contributed by atoms with van der Waals surface area (Å²) in [6.07, 6.45) is 19.4. The van der Waals surface area contributed by atoms with Crippen molar-refractivity contribution in [3.05, 3.63) is 65.7 Å². The van der Waals surface area contributed by atoms with Crippen molar-refractivity contribution >= 4 is 23.9 Å². The molecule has 0 saturated carbocycles. The molecule has 0 N–H and O–H groups in total. The summed E-state index contributed by atoms with van der Waals surface area (Å²) in [5.74, 6) is 0.984. The predicted molar refractivity (Wildman–Crippen MR) is 157 cm³/mol. The van der Waals surface area contributed by atoms with Crippen molar-refractivity contribution in [3.63, 3.8) is 0 Å². The van der Waals surface area contributed by atoms with Crippen molar-refractivity contribution in [2.24, 2.45) is 10.9 Å².